The number of hydrogen-bond acceptors (Lipinski definition) is 5. The third kappa shape index (κ3) is 3.32. The Bertz CT molecular complexity index is 712. The molecule has 0 bridgehead atoms. The molecule has 1 N–H and O–H groups in total. The third-order valence-corrected chi connectivity index (χ3v) is 5.32. The molecule has 0 saturated heterocycles. The molecular formula is C17H21N3O2S. The van der Waals surface area contributed by atoms with Gasteiger partial charge in [-0.3, -0.25) is 4.79 Å². The van der Waals surface area contributed by atoms with Gasteiger partial charge in [0.25, 0.3) is 0 Å². The first-order valence-electron chi connectivity index (χ1n) is 7.69. The lowest BCUT2D eigenvalue weighted by atomic mass is 10.0. The van der Waals surface area contributed by atoms with Gasteiger partial charge in [-0.15, -0.1) is 11.3 Å². The number of anilines is 1. The maximum atomic E-state index is 12.4. The Morgan fingerprint density at radius 1 is 1.43 bits per heavy atom. The monoisotopic (exact) mass is 331 g/mol. The van der Waals surface area contributed by atoms with E-state index in [4.69, 9.17) is 4.74 Å². The van der Waals surface area contributed by atoms with Crippen LogP contribution >= 0.6 is 11.3 Å². The van der Waals surface area contributed by atoms with Gasteiger partial charge in [-0.05, 0) is 13.0 Å². The quantitative estimate of drug-likeness (QED) is 0.914. The van der Waals surface area contributed by atoms with E-state index in [9.17, 15) is 4.79 Å². The van der Waals surface area contributed by atoms with Crippen LogP contribution in [0.5, 0.6) is 5.75 Å². The number of carbonyl (C=O) groups is 1. The average Bonchev–Trinajstić information content (AvgIpc) is 3.11. The van der Waals surface area contributed by atoms with E-state index in [2.05, 4.69) is 10.3 Å². The van der Waals surface area contributed by atoms with Crippen LogP contribution < -0.4 is 15.0 Å². The normalized spacial score (nSPS) is 15.9. The Labute approximate surface area is 140 Å². The largest absolute Gasteiger partial charge is 0.492 e. The number of benzene rings is 1. The zero-order valence-corrected chi connectivity index (χ0v) is 14.4. The van der Waals surface area contributed by atoms with Crippen LogP contribution in [0.1, 0.15) is 22.1 Å². The minimum atomic E-state index is -0.203. The molecule has 6 heteroatoms. The summed E-state index contributed by atoms with van der Waals surface area (Å²) in [7, 11) is 3.97. The first-order chi connectivity index (χ1) is 11.1. The number of aryl methyl sites for hydroxylation is 1. The first-order valence-corrected chi connectivity index (χ1v) is 8.51. The molecule has 1 aromatic carbocycles. The van der Waals surface area contributed by atoms with E-state index in [1.165, 1.54) is 4.88 Å². The number of fused-ring (bicyclic) bond motifs is 1. The SMILES string of the molecule is Cc1nc(N(C)C)sc1CCNC(=O)[C@@H]1COc2ccccc21. The van der Waals surface area contributed by atoms with E-state index in [0.29, 0.717) is 13.2 Å². The molecule has 122 valence electrons. The van der Waals surface area contributed by atoms with Crippen molar-refractivity contribution in [3.8, 4) is 5.75 Å². The summed E-state index contributed by atoms with van der Waals surface area (Å²) < 4.78 is 5.57. The van der Waals surface area contributed by atoms with E-state index >= 15 is 0 Å². The van der Waals surface area contributed by atoms with E-state index in [1.54, 1.807) is 11.3 Å². The number of nitrogens with zero attached hydrogens (tertiary/aromatic N) is 2. The second-order valence-electron chi connectivity index (χ2n) is 5.84. The van der Waals surface area contributed by atoms with Gasteiger partial charge in [0.1, 0.15) is 18.3 Å². The van der Waals surface area contributed by atoms with Gasteiger partial charge in [-0.1, -0.05) is 18.2 Å². The molecule has 2 heterocycles. The Morgan fingerprint density at radius 3 is 2.96 bits per heavy atom. The van der Waals surface area contributed by atoms with Crippen molar-refractivity contribution in [2.75, 3.05) is 32.1 Å². The topological polar surface area (TPSA) is 54.5 Å². The minimum Gasteiger partial charge on any atom is -0.492 e. The van der Waals surface area contributed by atoms with Crippen molar-refractivity contribution < 1.29 is 9.53 Å². The molecule has 0 unspecified atom stereocenters. The van der Waals surface area contributed by atoms with Crippen molar-refractivity contribution >= 4 is 22.4 Å². The number of ether oxygens (including phenoxy) is 1. The molecule has 0 aliphatic carbocycles. The second-order valence-corrected chi connectivity index (χ2v) is 6.90. The Morgan fingerprint density at radius 2 is 2.22 bits per heavy atom. The summed E-state index contributed by atoms with van der Waals surface area (Å²) >= 11 is 1.68. The lowest BCUT2D eigenvalue weighted by Crippen LogP contribution is -2.31. The van der Waals surface area contributed by atoms with Crippen LogP contribution in [0.2, 0.25) is 0 Å². The molecule has 2 aromatic rings. The van der Waals surface area contributed by atoms with Crippen molar-refractivity contribution in [2.24, 2.45) is 0 Å². The Balaban J connectivity index is 1.56. The number of thiazole rings is 1. The number of rotatable bonds is 5. The fourth-order valence-corrected chi connectivity index (χ4v) is 3.62. The minimum absolute atomic E-state index is 0.0324. The number of carbonyl (C=O) groups excluding carboxylic acids is 1. The zero-order valence-electron chi connectivity index (χ0n) is 13.6. The van der Waals surface area contributed by atoms with Crippen molar-refractivity contribution in [1.82, 2.24) is 10.3 Å². The predicted octanol–water partition coefficient (Wildman–Crippen LogP) is 2.35. The third-order valence-electron chi connectivity index (χ3n) is 3.93. The average molecular weight is 331 g/mol. The molecule has 0 saturated carbocycles. The highest BCUT2D eigenvalue weighted by Crippen LogP contribution is 2.33. The van der Waals surface area contributed by atoms with Gasteiger partial charge in [-0.2, -0.15) is 0 Å². The van der Waals surface area contributed by atoms with Gasteiger partial charge < -0.3 is 15.0 Å². The van der Waals surface area contributed by atoms with Gasteiger partial charge in [0, 0.05) is 37.5 Å². The smallest absolute Gasteiger partial charge is 0.231 e. The number of hydrogen-bond donors (Lipinski definition) is 1. The van der Waals surface area contributed by atoms with Crippen molar-refractivity contribution in [1.29, 1.82) is 0 Å². The Hall–Kier alpha value is -2.08. The molecule has 1 atom stereocenters. The summed E-state index contributed by atoms with van der Waals surface area (Å²) in [6.07, 6.45) is 0.804. The van der Waals surface area contributed by atoms with Crippen LogP contribution in [-0.2, 0) is 11.2 Å². The highest BCUT2D eigenvalue weighted by molar-refractivity contribution is 7.15. The summed E-state index contributed by atoms with van der Waals surface area (Å²) in [4.78, 5) is 20.1. The molecule has 3 rings (SSSR count). The molecule has 1 aromatic heterocycles. The van der Waals surface area contributed by atoms with E-state index in [0.717, 1.165) is 28.6 Å². The van der Waals surface area contributed by atoms with Crippen molar-refractivity contribution in [2.45, 2.75) is 19.3 Å². The molecule has 1 aliphatic rings. The lowest BCUT2D eigenvalue weighted by molar-refractivity contribution is -0.122. The van der Waals surface area contributed by atoms with Crippen molar-refractivity contribution in [3.63, 3.8) is 0 Å². The highest BCUT2D eigenvalue weighted by Gasteiger charge is 2.29. The predicted molar refractivity (Wildman–Crippen MR) is 92.6 cm³/mol. The number of aromatic nitrogens is 1. The summed E-state index contributed by atoms with van der Waals surface area (Å²) in [5, 5.41) is 4.03. The van der Waals surface area contributed by atoms with E-state index in [1.807, 2.05) is 50.2 Å². The number of para-hydroxylation sites is 1. The van der Waals surface area contributed by atoms with E-state index < -0.39 is 0 Å². The van der Waals surface area contributed by atoms with Crippen LogP contribution in [0.3, 0.4) is 0 Å². The lowest BCUT2D eigenvalue weighted by Gasteiger charge is -2.10. The van der Waals surface area contributed by atoms with E-state index in [-0.39, 0.29) is 11.8 Å². The molecule has 0 spiro atoms. The standard InChI is InChI=1S/C17H21N3O2S/c1-11-15(23-17(19-11)20(2)3)8-9-18-16(21)13-10-22-14-7-5-4-6-12(13)14/h4-7,13H,8-10H2,1-3H3,(H,18,21)/t13-/m1/s1. The molecule has 1 aliphatic heterocycles. The van der Waals surface area contributed by atoms with Gasteiger partial charge in [0.15, 0.2) is 5.13 Å². The maximum absolute atomic E-state index is 12.4. The summed E-state index contributed by atoms with van der Waals surface area (Å²) in [5.74, 6) is 0.651. The number of amides is 1. The van der Waals surface area contributed by atoms with Crippen LogP contribution in [0.25, 0.3) is 0 Å². The van der Waals surface area contributed by atoms with Gasteiger partial charge in [0.2, 0.25) is 5.91 Å². The molecule has 5 nitrogen and oxygen atoms in total. The summed E-state index contributed by atoms with van der Waals surface area (Å²) in [6, 6.07) is 7.74. The van der Waals surface area contributed by atoms with Crippen LogP contribution in [0, 0.1) is 6.92 Å². The van der Waals surface area contributed by atoms with Gasteiger partial charge >= 0.3 is 0 Å². The first kappa shape index (κ1) is 15.8. The number of nitrogens with one attached hydrogen (secondary N) is 1. The zero-order chi connectivity index (χ0) is 16.4. The maximum Gasteiger partial charge on any atom is 0.231 e. The fraction of sp³-hybridized carbons (Fsp3) is 0.412. The fourth-order valence-electron chi connectivity index (χ4n) is 2.64. The molecular weight excluding hydrogens is 310 g/mol. The second kappa shape index (κ2) is 6.58. The molecule has 23 heavy (non-hydrogen) atoms. The Kier molecular flexibility index (Phi) is 4.52. The highest BCUT2D eigenvalue weighted by atomic mass is 32.1. The molecule has 0 radical (unpaired) electrons. The summed E-state index contributed by atoms with van der Waals surface area (Å²) in [5.41, 5.74) is 2.02. The van der Waals surface area contributed by atoms with Crippen molar-refractivity contribution in [3.05, 3.63) is 40.4 Å². The van der Waals surface area contributed by atoms with Gasteiger partial charge in [0.05, 0.1) is 5.69 Å². The molecule has 0 fully saturated rings. The molecule has 1 amide bonds. The van der Waals surface area contributed by atoms with Gasteiger partial charge in [-0.25, -0.2) is 4.98 Å². The van der Waals surface area contributed by atoms with Crippen LogP contribution in [0.15, 0.2) is 24.3 Å². The van der Waals surface area contributed by atoms with Crippen LogP contribution in [0.4, 0.5) is 5.13 Å². The van der Waals surface area contributed by atoms with Crippen LogP contribution in [-0.4, -0.2) is 38.1 Å². The summed E-state index contributed by atoms with van der Waals surface area (Å²) in [6.45, 7) is 3.06.